The third-order valence-electron chi connectivity index (χ3n) is 7.86. The minimum Gasteiger partial charge on any atom is -0.362 e. The lowest BCUT2D eigenvalue weighted by molar-refractivity contribution is 0.384. The molecule has 258 valence electrons. The highest BCUT2D eigenvalue weighted by molar-refractivity contribution is 7.81. The Balaban J connectivity index is 1.19. The average Bonchev–Trinajstić information content (AvgIpc) is 3.07. The molecule has 6 rings (SSSR count). The van der Waals surface area contributed by atoms with E-state index in [1.807, 2.05) is 0 Å². The number of para-hydroxylation sites is 2. The van der Waals surface area contributed by atoms with Crippen LogP contribution in [0.15, 0.2) is 107 Å². The standard InChI is InChI=1S/C34H30N4O10S2/c39-33-27-9-3-5-11-29(27)35-31(23-13-17-25(18-14-23)47-49(41,42)43)37(33)21-7-1-2-8-22-38-32(36-30-12-6-4-10-28(30)34(38)40)24-15-19-26(20-16-24)48-50(44,45)46/h3-6,9-20H,1-2,7-8,21-22H2,(H,41,42,43)(H,44,45,46). The van der Waals surface area contributed by atoms with Crippen molar-refractivity contribution >= 4 is 42.6 Å². The lowest BCUT2D eigenvalue weighted by atomic mass is 10.1. The third kappa shape index (κ3) is 8.06. The Hall–Kier alpha value is -5.42. The Morgan fingerprint density at radius 2 is 0.880 bits per heavy atom. The molecular formula is C34H30N4O10S2. The van der Waals surface area contributed by atoms with Gasteiger partial charge in [0.25, 0.3) is 11.1 Å². The molecule has 0 saturated heterocycles. The lowest BCUT2D eigenvalue weighted by Gasteiger charge is -2.15. The minimum atomic E-state index is -4.70. The van der Waals surface area contributed by atoms with Crippen LogP contribution in [0.1, 0.15) is 25.7 Å². The maximum absolute atomic E-state index is 13.6. The lowest BCUT2D eigenvalue weighted by Crippen LogP contribution is -2.24. The molecule has 0 amide bonds. The molecule has 0 atom stereocenters. The maximum atomic E-state index is 13.6. The molecule has 2 heterocycles. The molecule has 0 aliphatic rings. The SMILES string of the molecule is O=c1c2ccccc2nc(-c2ccc(OS(=O)(=O)O)cc2)n1CCCCCCn1c(-c2ccc(OS(=O)(=O)O)cc2)nc2ccccc2c1=O. The molecule has 16 heteroatoms. The van der Waals surface area contributed by atoms with Crippen LogP contribution in [-0.2, 0) is 33.9 Å². The summed E-state index contributed by atoms with van der Waals surface area (Å²) >= 11 is 0. The monoisotopic (exact) mass is 718 g/mol. The third-order valence-corrected chi connectivity index (χ3v) is 8.67. The van der Waals surface area contributed by atoms with Crippen LogP contribution in [0.25, 0.3) is 44.6 Å². The molecular weight excluding hydrogens is 689 g/mol. The van der Waals surface area contributed by atoms with Crippen molar-refractivity contribution in [1.29, 1.82) is 0 Å². The topological polar surface area (TPSA) is 197 Å². The highest BCUT2D eigenvalue weighted by Crippen LogP contribution is 2.25. The number of nitrogens with zero attached hydrogens (tertiary/aromatic N) is 4. The van der Waals surface area contributed by atoms with E-state index in [2.05, 4.69) is 8.37 Å². The molecule has 0 radical (unpaired) electrons. The molecule has 2 N–H and O–H groups in total. The fraction of sp³-hybridized carbons (Fsp3) is 0.176. The van der Waals surface area contributed by atoms with Gasteiger partial charge in [-0.25, -0.2) is 9.97 Å². The first-order valence-electron chi connectivity index (χ1n) is 15.4. The zero-order valence-corrected chi connectivity index (χ0v) is 27.9. The predicted octanol–water partition coefficient (Wildman–Crippen LogP) is 5.06. The van der Waals surface area contributed by atoms with Crippen molar-refractivity contribution in [2.75, 3.05) is 0 Å². The summed E-state index contributed by atoms with van der Waals surface area (Å²) in [5.41, 5.74) is 1.65. The van der Waals surface area contributed by atoms with E-state index in [9.17, 15) is 26.4 Å². The number of unbranched alkanes of at least 4 members (excludes halogenated alkanes) is 3. The number of hydrogen-bond donors (Lipinski definition) is 2. The van der Waals surface area contributed by atoms with Gasteiger partial charge in [0.1, 0.15) is 23.1 Å². The van der Waals surface area contributed by atoms with Crippen LogP contribution in [0.2, 0.25) is 0 Å². The van der Waals surface area contributed by atoms with Crippen LogP contribution < -0.4 is 19.5 Å². The van der Waals surface area contributed by atoms with E-state index in [4.69, 9.17) is 19.1 Å². The molecule has 2 aromatic heterocycles. The summed E-state index contributed by atoms with van der Waals surface area (Å²) in [7, 11) is -9.39. The van der Waals surface area contributed by atoms with Gasteiger partial charge in [0.05, 0.1) is 21.8 Å². The molecule has 0 aliphatic heterocycles. The van der Waals surface area contributed by atoms with E-state index in [1.54, 1.807) is 81.9 Å². The normalized spacial score (nSPS) is 12.0. The summed E-state index contributed by atoms with van der Waals surface area (Å²) in [6, 6.07) is 25.6. The van der Waals surface area contributed by atoms with Crippen molar-refractivity contribution in [3.05, 3.63) is 118 Å². The Morgan fingerprint density at radius 3 is 1.24 bits per heavy atom. The molecule has 6 aromatic rings. The molecule has 50 heavy (non-hydrogen) atoms. The zero-order valence-electron chi connectivity index (χ0n) is 26.2. The minimum absolute atomic E-state index is 0.0991. The van der Waals surface area contributed by atoms with Gasteiger partial charge in [-0.15, -0.1) is 0 Å². The quantitative estimate of drug-likeness (QED) is 0.119. The van der Waals surface area contributed by atoms with E-state index in [0.29, 0.717) is 83.4 Å². The van der Waals surface area contributed by atoms with Gasteiger partial charge >= 0.3 is 20.8 Å². The zero-order chi connectivity index (χ0) is 35.5. The number of aromatic nitrogens is 4. The fourth-order valence-electron chi connectivity index (χ4n) is 5.65. The van der Waals surface area contributed by atoms with E-state index >= 15 is 0 Å². The van der Waals surface area contributed by atoms with Crippen molar-refractivity contribution in [1.82, 2.24) is 19.1 Å². The second-order valence-electron chi connectivity index (χ2n) is 11.3. The van der Waals surface area contributed by atoms with E-state index in [0.717, 1.165) is 0 Å². The van der Waals surface area contributed by atoms with Gasteiger partial charge in [-0.3, -0.25) is 27.8 Å². The molecule has 0 fully saturated rings. The van der Waals surface area contributed by atoms with Crippen LogP contribution in [-0.4, -0.2) is 45.0 Å². The molecule has 0 saturated carbocycles. The average molecular weight is 719 g/mol. The van der Waals surface area contributed by atoms with Gasteiger partial charge in [-0.05, 0) is 85.6 Å². The first-order chi connectivity index (χ1) is 23.9. The van der Waals surface area contributed by atoms with E-state index in [-0.39, 0.29) is 22.6 Å². The Morgan fingerprint density at radius 1 is 0.520 bits per heavy atom. The summed E-state index contributed by atoms with van der Waals surface area (Å²) in [6.45, 7) is 0.686. The summed E-state index contributed by atoms with van der Waals surface area (Å²) in [6.07, 6.45) is 2.66. The second kappa shape index (κ2) is 14.2. The van der Waals surface area contributed by atoms with Crippen molar-refractivity contribution in [3.8, 4) is 34.3 Å². The summed E-state index contributed by atoms with van der Waals surface area (Å²) in [5, 5.41) is 0.909. The molecule has 0 unspecified atom stereocenters. The molecule has 14 nitrogen and oxygen atoms in total. The summed E-state index contributed by atoms with van der Waals surface area (Å²) in [4.78, 5) is 36.6. The van der Waals surface area contributed by atoms with Crippen LogP contribution in [0, 0.1) is 0 Å². The predicted molar refractivity (Wildman–Crippen MR) is 186 cm³/mol. The van der Waals surface area contributed by atoms with Gasteiger partial charge in [-0.1, -0.05) is 37.1 Å². The van der Waals surface area contributed by atoms with E-state index < -0.39 is 20.8 Å². The second-order valence-corrected chi connectivity index (χ2v) is 13.3. The number of fused-ring (bicyclic) bond motifs is 2. The van der Waals surface area contributed by atoms with Gasteiger partial charge in [-0.2, -0.15) is 16.8 Å². The Kier molecular flexibility index (Phi) is 9.79. The highest BCUT2D eigenvalue weighted by atomic mass is 32.3. The maximum Gasteiger partial charge on any atom is 0.446 e. The van der Waals surface area contributed by atoms with Crippen LogP contribution in [0.4, 0.5) is 0 Å². The van der Waals surface area contributed by atoms with Crippen LogP contribution in [0.5, 0.6) is 11.5 Å². The first kappa shape index (κ1) is 34.4. The largest absolute Gasteiger partial charge is 0.446 e. The molecule has 0 spiro atoms. The van der Waals surface area contributed by atoms with Crippen LogP contribution >= 0.6 is 0 Å². The van der Waals surface area contributed by atoms with Gasteiger partial charge in [0, 0.05) is 24.2 Å². The number of rotatable bonds is 13. The summed E-state index contributed by atoms with van der Waals surface area (Å²) < 4.78 is 74.6. The van der Waals surface area contributed by atoms with Crippen molar-refractivity contribution in [3.63, 3.8) is 0 Å². The van der Waals surface area contributed by atoms with Gasteiger partial charge in [0.15, 0.2) is 0 Å². The van der Waals surface area contributed by atoms with Crippen molar-refractivity contribution in [2.45, 2.75) is 38.8 Å². The molecule has 0 bridgehead atoms. The van der Waals surface area contributed by atoms with Crippen molar-refractivity contribution < 1.29 is 34.3 Å². The van der Waals surface area contributed by atoms with Crippen LogP contribution in [0.3, 0.4) is 0 Å². The Bertz CT molecular complexity index is 2360. The fourth-order valence-corrected chi connectivity index (χ4v) is 6.36. The summed E-state index contributed by atoms with van der Waals surface area (Å²) in [5.74, 6) is 0.577. The van der Waals surface area contributed by atoms with E-state index in [1.165, 1.54) is 24.3 Å². The smallest absolute Gasteiger partial charge is 0.362 e. The van der Waals surface area contributed by atoms with Crippen molar-refractivity contribution in [2.24, 2.45) is 0 Å². The van der Waals surface area contributed by atoms with Gasteiger partial charge < -0.3 is 8.37 Å². The highest BCUT2D eigenvalue weighted by Gasteiger charge is 2.16. The first-order valence-corrected chi connectivity index (χ1v) is 18.1. The number of benzene rings is 4. The molecule has 4 aromatic carbocycles. The Labute approximate surface area is 286 Å². The number of hydrogen-bond acceptors (Lipinski definition) is 10. The molecule has 0 aliphatic carbocycles. The van der Waals surface area contributed by atoms with Gasteiger partial charge in [0.2, 0.25) is 0 Å².